The van der Waals surface area contributed by atoms with Gasteiger partial charge in [0.1, 0.15) is 0 Å². The number of nitrogens with one attached hydrogen (secondary N) is 1. The summed E-state index contributed by atoms with van der Waals surface area (Å²) >= 11 is 2.36. The molecule has 1 N–H and O–H groups in total. The Balaban J connectivity index is 2.61. The number of rotatable bonds is 9. The Hall–Kier alpha value is -0.130. The summed E-state index contributed by atoms with van der Waals surface area (Å²) in [5, 5.41) is 3.53. The average Bonchev–Trinajstić information content (AvgIpc) is 2.45. The third-order valence-corrected chi connectivity index (χ3v) is 4.69. The Labute approximate surface area is 131 Å². The lowest BCUT2D eigenvalue weighted by Gasteiger charge is -2.32. The molecule has 0 aliphatic carbocycles. The number of ether oxygens (including phenoxy) is 1. The zero-order valence-corrected chi connectivity index (χ0v) is 14.5. The second kappa shape index (κ2) is 8.93. The average molecular weight is 375 g/mol. The molecule has 0 spiro atoms. The molecule has 1 rings (SSSR count). The molecule has 3 heteroatoms. The predicted molar refractivity (Wildman–Crippen MR) is 90.6 cm³/mol. The molecule has 0 saturated heterocycles. The molecule has 1 aromatic carbocycles. The first-order valence-electron chi connectivity index (χ1n) is 7.10. The summed E-state index contributed by atoms with van der Waals surface area (Å²) in [5.74, 6) is 0. The highest BCUT2D eigenvalue weighted by molar-refractivity contribution is 14.1. The molecule has 108 valence electrons. The maximum atomic E-state index is 5.09. The Morgan fingerprint density at radius 2 is 1.79 bits per heavy atom. The summed E-state index contributed by atoms with van der Waals surface area (Å²) < 4.78 is 6.40. The van der Waals surface area contributed by atoms with Crippen LogP contribution in [0, 0.1) is 8.99 Å². The molecule has 0 amide bonds. The summed E-state index contributed by atoms with van der Waals surface area (Å²) in [5.41, 5.74) is 1.80. The Kier molecular flexibility index (Phi) is 7.95. The van der Waals surface area contributed by atoms with Crippen molar-refractivity contribution >= 4 is 22.6 Å². The van der Waals surface area contributed by atoms with Crippen LogP contribution in [0.25, 0.3) is 0 Å². The lowest BCUT2D eigenvalue weighted by atomic mass is 9.77. The number of hydrogen-bond donors (Lipinski definition) is 1. The van der Waals surface area contributed by atoms with Gasteiger partial charge in [0.2, 0.25) is 0 Å². The van der Waals surface area contributed by atoms with Gasteiger partial charge in [-0.25, -0.2) is 0 Å². The molecule has 0 unspecified atom stereocenters. The SMILES string of the molecule is CCC(CC)(CNCCOC)Cc1ccc(I)cc1. The molecule has 0 aliphatic heterocycles. The van der Waals surface area contributed by atoms with E-state index in [9.17, 15) is 0 Å². The van der Waals surface area contributed by atoms with Crippen LogP contribution in [0.2, 0.25) is 0 Å². The van der Waals surface area contributed by atoms with Crippen LogP contribution >= 0.6 is 22.6 Å². The first kappa shape index (κ1) is 16.9. The summed E-state index contributed by atoms with van der Waals surface area (Å²) in [6.07, 6.45) is 3.56. The van der Waals surface area contributed by atoms with E-state index in [1.54, 1.807) is 7.11 Å². The van der Waals surface area contributed by atoms with E-state index in [4.69, 9.17) is 4.74 Å². The molecule has 0 bridgehead atoms. The van der Waals surface area contributed by atoms with E-state index in [0.29, 0.717) is 5.41 Å². The zero-order valence-electron chi connectivity index (χ0n) is 12.3. The van der Waals surface area contributed by atoms with Crippen LogP contribution < -0.4 is 5.32 Å². The topological polar surface area (TPSA) is 21.3 Å². The van der Waals surface area contributed by atoms with Crippen molar-refractivity contribution in [3.63, 3.8) is 0 Å². The Bertz CT molecular complexity index is 346. The molecule has 0 aliphatic rings. The van der Waals surface area contributed by atoms with Crippen molar-refractivity contribution in [2.45, 2.75) is 33.1 Å². The fourth-order valence-corrected chi connectivity index (χ4v) is 2.74. The third kappa shape index (κ3) is 5.79. The minimum atomic E-state index is 0.362. The summed E-state index contributed by atoms with van der Waals surface area (Å²) in [7, 11) is 1.75. The smallest absolute Gasteiger partial charge is 0.0587 e. The van der Waals surface area contributed by atoms with Crippen molar-refractivity contribution in [2.75, 3.05) is 26.8 Å². The highest BCUT2D eigenvalue weighted by atomic mass is 127. The second-order valence-corrected chi connectivity index (χ2v) is 6.43. The van der Waals surface area contributed by atoms with Crippen LogP contribution in [-0.4, -0.2) is 26.8 Å². The molecule has 0 aromatic heterocycles. The van der Waals surface area contributed by atoms with Crippen LogP contribution in [0.5, 0.6) is 0 Å². The van der Waals surface area contributed by atoms with Crippen molar-refractivity contribution < 1.29 is 4.74 Å². The van der Waals surface area contributed by atoms with Crippen LogP contribution in [0.4, 0.5) is 0 Å². The van der Waals surface area contributed by atoms with Gasteiger partial charge in [-0.3, -0.25) is 0 Å². The van der Waals surface area contributed by atoms with E-state index in [1.807, 2.05) is 0 Å². The van der Waals surface area contributed by atoms with Gasteiger partial charge in [-0.1, -0.05) is 26.0 Å². The molecule has 0 saturated carbocycles. The first-order valence-corrected chi connectivity index (χ1v) is 8.18. The quantitative estimate of drug-likeness (QED) is 0.523. The highest BCUT2D eigenvalue weighted by Gasteiger charge is 2.25. The van der Waals surface area contributed by atoms with Gasteiger partial charge in [0.25, 0.3) is 0 Å². The number of halogens is 1. The molecule has 0 fully saturated rings. The lowest BCUT2D eigenvalue weighted by molar-refractivity contribution is 0.185. The van der Waals surface area contributed by atoms with Gasteiger partial charge in [-0.2, -0.15) is 0 Å². The largest absolute Gasteiger partial charge is 0.383 e. The van der Waals surface area contributed by atoms with Gasteiger partial charge in [0.05, 0.1) is 6.61 Å². The predicted octanol–water partition coefficient (Wildman–Crippen LogP) is 3.88. The monoisotopic (exact) mass is 375 g/mol. The minimum absolute atomic E-state index is 0.362. The molecule has 19 heavy (non-hydrogen) atoms. The molecule has 1 aromatic rings. The van der Waals surface area contributed by atoms with Crippen molar-refractivity contribution in [1.82, 2.24) is 5.32 Å². The van der Waals surface area contributed by atoms with E-state index in [2.05, 4.69) is 66.0 Å². The first-order chi connectivity index (χ1) is 9.15. The van der Waals surface area contributed by atoms with Crippen molar-refractivity contribution in [3.8, 4) is 0 Å². The number of hydrogen-bond acceptors (Lipinski definition) is 2. The van der Waals surface area contributed by atoms with E-state index in [-0.39, 0.29) is 0 Å². The van der Waals surface area contributed by atoms with E-state index in [0.717, 1.165) is 26.1 Å². The molecule has 0 heterocycles. The molecular formula is C16H26INO. The van der Waals surface area contributed by atoms with E-state index < -0.39 is 0 Å². The van der Waals surface area contributed by atoms with Gasteiger partial charge >= 0.3 is 0 Å². The Morgan fingerprint density at radius 1 is 1.16 bits per heavy atom. The molecule has 0 radical (unpaired) electrons. The maximum Gasteiger partial charge on any atom is 0.0587 e. The molecular weight excluding hydrogens is 349 g/mol. The number of benzene rings is 1. The van der Waals surface area contributed by atoms with E-state index in [1.165, 1.54) is 22.0 Å². The molecule has 0 atom stereocenters. The van der Waals surface area contributed by atoms with Crippen molar-refractivity contribution in [1.29, 1.82) is 0 Å². The standard InChI is InChI=1S/C16H26INO/c1-4-16(5-2,13-18-10-11-19-3)12-14-6-8-15(17)9-7-14/h6-9,18H,4-5,10-13H2,1-3H3. The van der Waals surface area contributed by atoms with Gasteiger partial charge < -0.3 is 10.1 Å². The molecule has 2 nitrogen and oxygen atoms in total. The second-order valence-electron chi connectivity index (χ2n) is 5.18. The highest BCUT2D eigenvalue weighted by Crippen LogP contribution is 2.30. The van der Waals surface area contributed by atoms with Gasteiger partial charge in [-0.05, 0) is 65.0 Å². The van der Waals surface area contributed by atoms with Gasteiger partial charge in [0, 0.05) is 23.8 Å². The maximum absolute atomic E-state index is 5.09. The summed E-state index contributed by atoms with van der Waals surface area (Å²) in [6.45, 7) is 7.38. The normalized spacial score (nSPS) is 11.8. The van der Waals surface area contributed by atoms with Crippen LogP contribution in [0.3, 0.4) is 0 Å². The summed E-state index contributed by atoms with van der Waals surface area (Å²) in [4.78, 5) is 0. The summed E-state index contributed by atoms with van der Waals surface area (Å²) in [6, 6.07) is 8.92. The fourth-order valence-electron chi connectivity index (χ4n) is 2.38. The van der Waals surface area contributed by atoms with Crippen LogP contribution in [-0.2, 0) is 11.2 Å². The van der Waals surface area contributed by atoms with E-state index >= 15 is 0 Å². The van der Waals surface area contributed by atoms with Gasteiger partial charge in [0.15, 0.2) is 0 Å². The lowest BCUT2D eigenvalue weighted by Crippen LogP contribution is -2.36. The van der Waals surface area contributed by atoms with Gasteiger partial charge in [-0.15, -0.1) is 0 Å². The third-order valence-electron chi connectivity index (χ3n) is 3.98. The van der Waals surface area contributed by atoms with Crippen molar-refractivity contribution in [2.24, 2.45) is 5.41 Å². The van der Waals surface area contributed by atoms with Crippen LogP contribution in [0.15, 0.2) is 24.3 Å². The minimum Gasteiger partial charge on any atom is -0.383 e. The van der Waals surface area contributed by atoms with Crippen molar-refractivity contribution in [3.05, 3.63) is 33.4 Å². The fraction of sp³-hybridized carbons (Fsp3) is 0.625. The Morgan fingerprint density at radius 3 is 2.32 bits per heavy atom. The number of methoxy groups -OCH3 is 1. The zero-order chi connectivity index (χ0) is 14.1. The van der Waals surface area contributed by atoms with Crippen LogP contribution in [0.1, 0.15) is 32.3 Å².